The van der Waals surface area contributed by atoms with Crippen LogP contribution in [0.4, 0.5) is 10.3 Å². The molecule has 1 unspecified atom stereocenters. The van der Waals surface area contributed by atoms with E-state index in [2.05, 4.69) is 25.4 Å². The highest BCUT2D eigenvalue weighted by molar-refractivity contribution is 5.92. The Labute approximate surface area is 155 Å². The Morgan fingerprint density at radius 3 is 2.89 bits per heavy atom. The number of aromatic nitrogens is 5. The van der Waals surface area contributed by atoms with Crippen LogP contribution in [-0.4, -0.2) is 49.8 Å². The molecule has 4 rings (SSSR count). The zero-order chi connectivity index (χ0) is 18.8. The van der Waals surface area contributed by atoms with E-state index in [9.17, 15) is 9.18 Å². The molecule has 3 aromatic rings. The molecule has 1 amide bonds. The monoisotopic (exact) mass is 367 g/mol. The maximum Gasteiger partial charge on any atom is 0.270 e. The first kappa shape index (κ1) is 17.1. The van der Waals surface area contributed by atoms with Crippen molar-refractivity contribution < 1.29 is 9.18 Å². The van der Waals surface area contributed by atoms with Gasteiger partial charge in [0.15, 0.2) is 0 Å². The van der Waals surface area contributed by atoms with Crippen molar-refractivity contribution in [3.05, 3.63) is 54.5 Å². The Morgan fingerprint density at radius 2 is 2.15 bits per heavy atom. The van der Waals surface area contributed by atoms with Crippen LogP contribution in [0, 0.1) is 5.82 Å². The number of rotatable bonds is 4. The van der Waals surface area contributed by atoms with E-state index in [1.807, 2.05) is 24.2 Å². The largest absolute Gasteiger partial charge is 0.346 e. The Balaban J connectivity index is 1.42. The fourth-order valence-corrected chi connectivity index (χ4v) is 3.04. The Hall–Kier alpha value is -3.36. The highest BCUT2D eigenvalue weighted by Gasteiger charge is 2.26. The van der Waals surface area contributed by atoms with Crippen molar-refractivity contribution in [3.8, 4) is 11.3 Å². The van der Waals surface area contributed by atoms with Gasteiger partial charge >= 0.3 is 0 Å². The lowest BCUT2D eigenvalue weighted by Gasteiger charge is -2.17. The highest BCUT2D eigenvalue weighted by atomic mass is 19.1. The molecule has 8 nitrogen and oxygen atoms in total. The van der Waals surface area contributed by atoms with Gasteiger partial charge in [-0.3, -0.25) is 9.48 Å². The minimum Gasteiger partial charge on any atom is -0.346 e. The van der Waals surface area contributed by atoms with Gasteiger partial charge < -0.3 is 10.2 Å². The van der Waals surface area contributed by atoms with E-state index in [1.165, 1.54) is 12.1 Å². The smallest absolute Gasteiger partial charge is 0.270 e. The van der Waals surface area contributed by atoms with E-state index in [0.29, 0.717) is 12.5 Å². The van der Waals surface area contributed by atoms with Crippen LogP contribution >= 0.6 is 0 Å². The molecule has 4 heterocycles. The molecule has 1 aliphatic heterocycles. The first-order chi connectivity index (χ1) is 13.1. The van der Waals surface area contributed by atoms with Crippen molar-refractivity contribution in [2.24, 2.45) is 7.05 Å². The van der Waals surface area contributed by atoms with E-state index < -0.39 is 5.82 Å². The number of amides is 1. The minimum absolute atomic E-state index is 0.0463. The molecule has 0 aromatic carbocycles. The predicted octanol–water partition coefficient (Wildman–Crippen LogP) is 1.42. The summed E-state index contributed by atoms with van der Waals surface area (Å²) in [5, 5.41) is 7.09. The van der Waals surface area contributed by atoms with Crippen LogP contribution in [0.1, 0.15) is 16.9 Å². The number of aryl methyl sites for hydroxylation is 1. The number of nitrogens with zero attached hydrogens (tertiary/aromatic N) is 6. The summed E-state index contributed by atoms with van der Waals surface area (Å²) in [5.74, 6) is -0.163. The summed E-state index contributed by atoms with van der Waals surface area (Å²) >= 11 is 0. The quantitative estimate of drug-likeness (QED) is 0.750. The van der Waals surface area contributed by atoms with Gasteiger partial charge in [-0.1, -0.05) is 0 Å². The second-order valence-electron chi connectivity index (χ2n) is 6.41. The molecule has 138 valence electrons. The Kier molecular flexibility index (Phi) is 4.49. The lowest BCUT2D eigenvalue weighted by atomic mass is 10.2. The van der Waals surface area contributed by atoms with Gasteiger partial charge in [-0.2, -0.15) is 5.10 Å². The van der Waals surface area contributed by atoms with Crippen molar-refractivity contribution in [3.63, 3.8) is 0 Å². The van der Waals surface area contributed by atoms with Gasteiger partial charge in [-0.25, -0.2) is 19.3 Å². The van der Waals surface area contributed by atoms with Crippen molar-refractivity contribution in [2.45, 2.75) is 12.5 Å². The van der Waals surface area contributed by atoms with Crippen molar-refractivity contribution >= 4 is 11.9 Å². The van der Waals surface area contributed by atoms with Gasteiger partial charge in [-0.05, 0) is 24.6 Å². The van der Waals surface area contributed by atoms with Gasteiger partial charge in [0.05, 0.1) is 18.1 Å². The average Bonchev–Trinajstić information content (AvgIpc) is 3.31. The molecule has 1 aliphatic rings. The summed E-state index contributed by atoms with van der Waals surface area (Å²) in [6.45, 7) is 1.34. The van der Waals surface area contributed by atoms with E-state index in [-0.39, 0.29) is 17.6 Å². The third kappa shape index (κ3) is 3.76. The number of carbonyl (C=O) groups is 1. The third-order valence-electron chi connectivity index (χ3n) is 4.41. The van der Waals surface area contributed by atoms with Crippen LogP contribution in [0.5, 0.6) is 0 Å². The number of carbonyl (C=O) groups excluding carboxylic acids is 1. The summed E-state index contributed by atoms with van der Waals surface area (Å²) in [5.41, 5.74) is 1.92. The number of nitrogens with one attached hydrogen (secondary N) is 1. The van der Waals surface area contributed by atoms with Gasteiger partial charge in [0.2, 0.25) is 5.95 Å². The number of hydrogen-bond donors (Lipinski definition) is 1. The minimum atomic E-state index is -0.468. The second kappa shape index (κ2) is 7.10. The zero-order valence-electron chi connectivity index (χ0n) is 14.7. The summed E-state index contributed by atoms with van der Waals surface area (Å²) < 4.78 is 14.7. The van der Waals surface area contributed by atoms with Crippen LogP contribution in [0.15, 0.2) is 43.0 Å². The van der Waals surface area contributed by atoms with Crippen LogP contribution in [0.3, 0.4) is 0 Å². The molecule has 0 aliphatic carbocycles. The van der Waals surface area contributed by atoms with E-state index in [1.54, 1.807) is 17.1 Å². The molecule has 1 N–H and O–H groups in total. The Morgan fingerprint density at radius 1 is 1.26 bits per heavy atom. The van der Waals surface area contributed by atoms with Gasteiger partial charge in [-0.15, -0.1) is 0 Å². The van der Waals surface area contributed by atoms with E-state index in [4.69, 9.17) is 0 Å². The fourth-order valence-electron chi connectivity index (χ4n) is 3.04. The first-order valence-electron chi connectivity index (χ1n) is 8.58. The van der Waals surface area contributed by atoms with Gasteiger partial charge in [0.25, 0.3) is 5.91 Å². The van der Waals surface area contributed by atoms with Crippen LogP contribution in [0.2, 0.25) is 0 Å². The molecular weight excluding hydrogens is 349 g/mol. The average molecular weight is 367 g/mol. The van der Waals surface area contributed by atoms with Gasteiger partial charge in [0.1, 0.15) is 11.5 Å². The lowest BCUT2D eigenvalue weighted by Crippen LogP contribution is -2.37. The molecular formula is C18H18FN7O. The topological polar surface area (TPSA) is 88.8 Å². The van der Waals surface area contributed by atoms with E-state index >= 15 is 0 Å². The van der Waals surface area contributed by atoms with Crippen molar-refractivity contribution in [1.29, 1.82) is 0 Å². The van der Waals surface area contributed by atoms with E-state index in [0.717, 1.165) is 30.4 Å². The number of pyridine rings is 1. The highest BCUT2D eigenvalue weighted by Crippen LogP contribution is 2.21. The lowest BCUT2D eigenvalue weighted by molar-refractivity contribution is 0.0935. The summed E-state index contributed by atoms with van der Waals surface area (Å²) in [6, 6.07) is 4.39. The third-order valence-corrected chi connectivity index (χ3v) is 4.41. The molecule has 0 radical (unpaired) electrons. The fraction of sp³-hybridized carbons (Fsp3) is 0.278. The molecule has 3 aromatic heterocycles. The molecule has 1 atom stereocenters. The summed E-state index contributed by atoms with van der Waals surface area (Å²) in [6.07, 6.45) is 7.18. The first-order valence-corrected chi connectivity index (χ1v) is 8.58. The normalized spacial score (nSPS) is 16.5. The van der Waals surface area contributed by atoms with Crippen LogP contribution in [0.25, 0.3) is 11.3 Å². The summed E-state index contributed by atoms with van der Waals surface area (Å²) in [7, 11) is 1.86. The molecule has 0 spiro atoms. The number of anilines is 1. The molecule has 1 fully saturated rings. The SMILES string of the molecule is Cn1cc(-c2ccnc(N3CCC(NC(=O)c4ccc(F)cn4)C3)n2)cn1. The zero-order valence-corrected chi connectivity index (χ0v) is 14.7. The predicted molar refractivity (Wildman–Crippen MR) is 96.5 cm³/mol. The maximum absolute atomic E-state index is 12.9. The van der Waals surface area contributed by atoms with Crippen molar-refractivity contribution in [1.82, 2.24) is 30.0 Å². The molecule has 0 saturated carbocycles. The van der Waals surface area contributed by atoms with Crippen LogP contribution in [-0.2, 0) is 7.05 Å². The second-order valence-corrected chi connectivity index (χ2v) is 6.41. The summed E-state index contributed by atoms with van der Waals surface area (Å²) in [4.78, 5) is 27.1. The molecule has 1 saturated heterocycles. The standard InChI is InChI=1S/C18H18FN7O/c1-25-10-12(8-22-25)15-4-6-20-18(24-15)26-7-5-14(11-26)23-17(27)16-3-2-13(19)9-21-16/h2-4,6,8-10,14H,5,7,11H2,1H3,(H,23,27). The van der Waals surface area contributed by atoms with Crippen LogP contribution < -0.4 is 10.2 Å². The number of halogens is 1. The van der Waals surface area contributed by atoms with Crippen molar-refractivity contribution in [2.75, 3.05) is 18.0 Å². The maximum atomic E-state index is 12.9. The molecule has 27 heavy (non-hydrogen) atoms. The number of hydrogen-bond acceptors (Lipinski definition) is 6. The Bertz CT molecular complexity index is 956. The molecule has 9 heteroatoms. The molecule has 0 bridgehead atoms. The van der Waals surface area contributed by atoms with Gasteiger partial charge in [0, 0.05) is 44.1 Å².